The van der Waals surface area contributed by atoms with Crippen LogP contribution in [0.4, 0.5) is 13.2 Å². The van der Waals surface area contributed by atoms with E-state index in [2.05, 4.69) is 15.5 Å². The zero-order valence-corrected chi connectivity index (χ0v) is 28.5. The Morgan fingerprint density at radius 2 is 1.56 bits per heavy atom. The quantitative estimate of drug-likeness (QED) is 0.145. The van der Waals surface area contributed by atoms with Gasteiger partial charge in [0.2, 0.25) is 10.0 Å². The second kappa shape index (κ2) is 15.1. The van der Waals surface area contributed by atoms with Crippen molar-refractivity contribution < 1.29 is 31.1 Å². The Bertz CT molecular complexity index is 1390. The Morgan fingerprint density at radius 1 is 0.938 bits per heavy atom. The normalized spacial score (nSPS) is 28.9. The van der Waals surface area contributed by atoms with Crippen LogP contribution in [-0.4, -0.2) is 81.7 Å². The molecule has 4 bridgehead atoms. The number of sulfonamides is 1. The summed E-state index contributed by atoms with van der Waals surface area (Å²) in [5, 5.41) is 14.7. The molecule has 0 atom stereocenters. The fourth-order valence-electron chi connectivity index (χ4n) is 9.08. The third kappa shape index (κ3) is 8.21. The van der Waals surface area contributed by atoms with Crippen LogP contribution in [0.1, 0.15) is 76.2 Å². The van der Waals surface area contributed by atoms with Crippen molar-refractivity contribution >= 4 is 22.1 Å². The van der Waals surface area contributed by atoms with Crippen molar-refractivity contribution in [2.75, 3.05) is 45.9 Å². The number of carbonyl (C=O) groups excluding carboxylic acids is 1. The van der Waals surface area contributed by atoms with E-state index >= 15 is 0 Å². The number of nitrogens with one attached hydrogen (secondary N) is 3. The number of hydrogen-bond donors (Lipinski definition) is 3. The number of amides is 1. The van der Waals surface area contributed by atoms with E-state index in [0.29, 0.717) is 62.0 Å². The Kier molecular flexibility index (Phi) is 11.1. The molecular weight excluding hydrogens is 643 g/mol. The molecule has 0 aromatic heterocycles. The van der Waals surface area contributed by atoms with Crippen LogP contribution >= 0.6 is 0 Å². The summed E-state index contributed by atoms with van der Waals surface area (Å²) < 4.78 is 72.8. The molecule has 48 heavy (non-hydrogen) atoms. The summed E-state index contributed by atoms with van der Waals surface area (Å²) in [6.07, 6.45) is 8.85. The van der Waals surface area contributed by atoms with Gasteiger partial charge >= 0.3 is 6.18 Å². The van der Waals surface area contributed by atoms with Gasteiger partial charge in [0.15, 0.2) is 5.88 Å². The number of alkyl halides is 3. The van der Waals surface area contributed by atoms with Crippen LogP contribution in [0.3, 0.4) is 0 Å². The molecule has 1 aliphatic heterocycles. The summed E-state index contributed by atoms with van der Waals surface area (Å²) in [5.41, 5.74) is -0.425. The monoisotopic (exact) mass is 693 g/mol. The highest BCUT2D eigenvalue weighted by atomic mass is 32.2. The highest BCUT2D eigenvalue weighted by Gasteiger charge is 2.49. The molecule has 0 unspecified atom stereocenters. The number of ether oxygens (including phenoxy) is 1. The summed E-state index contributed by atoms with van der Waals surface area (Å²) in [5.74, 6) is 3.41. The third-order valence-corrected chi connectivity index (χ3v) is 13.3. The molecule has 1 aromatic rings. The third-order valence-electron chi connectivity index (χ3n) is 11.4. The first-order valence-electron chi connectivity index (χ1n) is 17.8. The van der Waals surface area contributed by atoms with Crippen molar-refractivity contribution in [1.82, 2.24) is 19.8 Å². The van der Waals surface area contributed by atoms with Crippen molar-refractivity contribution in [3.8, 4) is 0 Å². The van der Waals surface area contributed by atoms with Crippen LogP contribution in [0, 0.1) is 35.0 Å². The Hall–Kier alpha value is -2.64. The van der Waals surface area contributed by atoms with E-state index in [1.54, 1.807) is 0 Å². The highest BCUT2D eigenvalue weighted by molar-refractivity contribution is 7.89. The van der Waals surface area contributed by atoms with Crippen LogP contribution < -0.4 is 10.6 Å². The van der Waals surface area contributed by atoms with Crippen LogP contribution in [-0.2, 0) is 25.7 Å². The summed E-state index contributed by atoms with van der Waals surface area (Å²) in [6, 6.07) is 3.81. The molecule has 0 spiro atoms. The second-order valence-electron chi connectivity index (χ2n) is 14.7. The van der Waals surface area contributed by atoms with Crippen molar-refractivity contribution in [3.63, 3.8) is 0 Å². The second-order valence-corrected chi connectivity index (χ2v) is 16.6. The van der Waals surface area contributed by atoms with Crippen LogP contribution in [0.5, 0.6) is 0 Å². The molecular formula is C35H50F3N5O4S. The first-order chi connectivity index (χ1) is 23.0. The maximum Gasteiger partial charge on any atom is 0.416 e. The number of hydrogen-bond acceptors (Lipinski definition) is 7. The maximum atomic E-state index is 13.9. The number of carbonyl (C=O) groups is 1. The Labute approximate surface area is 282 Å². The SMILES string of the molecule is N=CC/C(C(=O)NC1C2CC3CC(C2)CC1C3)=C(\NCCN1CCN(S(=O)(=O)c2ccc(C(F)(F)F)cc2)CC1)OCC1CCCCC1. The van der Waals surface area contributed by atoms with Gasteiger partial charge in [-0.05, 0) is 98.8 Å². The van der Waals surface area contributed by atoms with E-state index in [1.165, 1.54) is 61.9 Å². The van der Waals surface area contributed by atoms with Gasteiger partial charge in [0.05, 0.1) is 22.6 Å². The number of rotatable bonds is 13. The topological polar surface area (TPSA) is 115 Å². The zero-order valence-electron chi connectivity index (χ0n) is 27.6. The molecule has 5 aliphatic carbocycles. The number of nitrogens with zero attached hydrogens (tertiary/aromatic N) is 2. The lowest BCUT2D eigenvalue weighted by molar-refractivity contribution is -0.137. The van der Waals surface area contributed by atoms with Crippen LogP contribution in [0.25, 0.3) is 0 Å². The van der Waals surface area contributed by atoms with Gasteiger partial charge < -0.3 is 20.8 Å². The lowest BCUT2D eigenvalue weighted by Crippen LogP contribution is -2.56. The first kappa shape index (κ1) is 35.2. The molecule has 0 radical (unpaired) electrons. The predicted octanol–water partition coefficient (Wildman–Crippen LogP) is 5.39. The fraction of sp³-hybridized carbons (Fsp3) is 0.714. The van der Waals surface area contributed by atoms with Crippen molar-refractivity contribution in [2.45, 2.75) is 87.7 Å². The van der Waals surface area contributed by atoms with Crippen molar-refractivity contribution in [1.29, 1.82) is 5.41 Å². The van der Waals surface area contributed by atoms with E-state index in [1.807, 2.05) is 0 Å². The summed E-state index contributed by atoms with van der Waals surface area (Å²) in [6.45, 7) is 2.94. The minimum Gasteiger partial charge on any atom is -0.479 e. The largest absolute Gasteiger partial charge is 0.479 e. The van der Waals surface area contributed by atoms with Gasteiger partial charge in [0.1, 0.15) is 0 Å². The first-order valence-corrected chi connectivity index (χ1v) is 19.2. The summed E-state index contributed by atoms with van der Waals surface area (Å²) in [4.78, 5) is 15.8. The van der Waals surface area contributed by atoms with Gasteiger partial charge in [-0.25, -0.2) is 8.42 Å². The molecule has 266 valence electrons. The zero-order chi connectivity index (χ0) is 33.9. The van der Waals surface area contributed by atoms with Gasteiger partial charge in [0.25, 0.3) is 5.91 Å². The van der Waals surface area contributed by atoms with Gasteiger partial charge in [-0.3, -0.25) is 9.69 Å². The molecule has 5 saturated carbocycles. The van der Waals surface area contributed by atoms with Crippen LogP contribution in [0.2, 0.25) is 0 Å². The predicted molar refractivity (Wildman–Crippen MR) is 177 cm³/mol. The van der Waals surface area contributed by atoms with Gasteiger partial charge in [-0.2, -0.15) is 17.5 Å². The minimum absolute atomic E-state index is 0.149. The van der Waals surface area contributed by atoms with Crippen molar-refractivity contribution in [3.05, 3.63) is 41.3 Å². The molecule has 1 saturated heterocycles. The van der Waals surface area contributed by atoms with E-state index in [0.717, 1.165) is 48.9 Å². The molecule has 6 fully saturated rings. The van der Waals surface area contributed by atoms with Gasteiger partial charge in [0, 0.05) is 57.9 Å². The summed E-state index contributed by atoms with van der Waals surface area (Å²) >= 11 is 0. The van der Waals surface area contributed by atoms with E-state index in [4.69, 9.17) is 10.1 Å². The van der Waals surface area contributed by atoms with Gasteiger partial charge in [-0.1, -0.05) is 19.3 Å². The smallest absolute Gasteiger partial charge is 0.416 e. The lowest BCUT2D eigenvalue weighted by atomic mass is 9.54. The Morgan fingerprint density at radius 3 is 2.15 bits per heavy atom. The molecule has 1 amide bonds. The number of halogens is 3. The average molecular weight is 694 g/mol. The molecule has 1 aromatic carbocycles. The molecule has 6 aliphatic rings. The fourth-order valence-corrected chi connectivity index (χ4v) is 10.5. The summed E-state index contributed by atoms with van der Waals surface area (Å²) in [7, 11) is -3.92. The maximum absolute atomic E-state index is 13.9. The standard InChI is InChI=1S/C35H50F3N5O4S/c36-35(37,38)29-6-8-30(9-7-29)48(45,46)43-16-14-42(15-17-43)13-12-40-34(47-23-24-4-2-1-3-5-24)31(10-11-39)33(44)41-32-27-19-25-18-26(21-27)22-28(32)20-25/h6-9,11,24-28,32,39-40H,1-5,10,12-23H2,(H,41,44)/b34-31-,39-11?. The highest BCUT2D eigenvalue weighted by Crippen LogP contribution is 2.53. The number of piperazine rings is 1. The van der Waals surface area contributed by atoms with E-state index < -0.39 is 21.8 Å². The van der Waals surface area contributed by atoms with Crippen molar-refractivity contribution in [2.24, 2.45) is 29.6 Å². The van der Waals surface area contributed by atoms with E-state index in [9.17, 15) is 26.4 Å². The number of benzene rings is 1. The lowest BCUT2D eigenvalue weighted by Gasteiger charge is -2.54. The van der Waals surface area contributed by atoms with E-state index in [-0.39, 0.29) is 36.4 Å². The molecule has 3 N–H and O–H groups in total. The molecule has 13 heteroatoms. The Balaban J connectivity index is 1.07. The molecule has 1 heterocycles. The minimum atomic E-state index is -4.53. The van der Waals surface area contributed by atoms with Gasteiger partial charge in [-0.15, -0.1) is 0 Å². The van der Waals surface area contributed by atoms with Crippen LogP contribution in [0.15, 0.2) is 40.6 Å². The molecule has 9 nitrogen and oxygen atoms in total. The molecule has 7 rings (SSSR count). The average Bonchev–Trinajstić information content (AvgIpc) is 3.07.